The Bertz CT molecular complexity index is 450. The molecule has 0 radical (unpaired) electrons. The molecule has 1 aliphatic rings. The minimum absolute atomic E-state index is 0.0376. The Balaban J connectivity index is 2.17. The van der Waals surface area contributed by atoms with Crippen molar-refractivity contribution in [2.75, 3.05) is 0 Å². The van der Waals surface area contributed by atoms with E-state index in [2.05, 4.69) is 10.4 Å². The largest absolute Gasteiger partial charge is 0.435 e. The molecule has 100 valence electrons. The molecule has 1 aromatic heterocycles. The average Bonchev–Trinajstić information content (AvgIpc) is 2.95. The number of hydrogen-bond acceptors (Lipinski definition) is 3. The fraction of sp³-hybridized carbons (Fsp3) is 0.600. The molecule has 1 amide bonds. The van der Waals surface area contributed by atoms with Crippen molar-refractivity contribution in [1.82, 2.24) is 15.1 Å². The molecule has 1 fully saturated rings. The highest BCUT2D eigenvalue weighted by Crippen LogP contribution is 2.31. The molecule has 0 aromatic carbocycles. The number of carbonyl (C=O) groups excluding carboxylic acids is 1. The summed E-state index contributed by atoms with van der Waals surface area (Å²) in [5.41, 5.74) is 4.00. The van der Waals surface area contributed by atoms with Crippen LogP contribution in [0.25, 0.3) is 0 Å². The number of amides is 1. The van der Waals surface area contributed by atoms with Gasteiger partial charge in [0.05, 0.1) is 0 Å². The third kappa shape index (κ3) is 3.22. The third-order valence-electron chi connectivity index (χ3n) is 2.58. The van der Waals surface area contributed by atoms with Gasteiger partial charge in [-0.15, -0.1) is 0 Å². The van der Waals surface area contributed by atoms with E-state index in [-0.39, 0.29) is 18.7 Å². The average molecular weight is 262 g/mol. The van der Waals surface area contributed by atoms with Gasteiger partial charge >= 0.3 is 6.18 Å². The van der Waals surface area contributed by atoms with Gasteiger partial charge in [0.15, 0.2) is 5.69 Å². The van der Waals surface area contributed by atoms with Gasteiger partial charge in [-0.25, -0.2) is 0 Å². The highest BCUT2D eigenvalue weighted by atomic mass is 19.4. The van der Waals surface area contributed by atoms with Gasteiger partial charge in [0, 0.05) is 24.3 Å². The van der Waals surface area contributed by atoms with Crippen LogP contribution in [0, 0.1) is 0 Å². The highest BCUT2D eigenvalue weighted by molar-refractivity contribution is 5.73. The lowest BCUT2D eigenvalue weighted by Crippen LogP contribution is -2.19. The van der Waals surface area contributed by atoms with E-state index < -0.39 is 17.8 Å². The van der Waals surface area contributed by atoms with Gasteiger partial charge in [-0.2, -0.15) is 18.3 Å². The van der Waals surface area contributed by atoms with E-state index >= 15 is 0 Å². The second-order valence-corrected chi connectivity index (χ2v) is 4.32. The molecule has 2 rings (SSSR count). The lowest BCUT2D eigenvalue weighted by atomic mass is 10.2. The zero-order valence-corrected chi connectivity index (χ0v) is 9.50. The summed E-state index contributed by atoms with van der Waals surface area (Å²) in [7, 11) is 0. The summed E-state index contributed by atoms with van der Waals surface area (Å²) in [6, 6.07) is 0.297. The third-order valence-corrected chi connectivity index (χ3v) is 2.58. The molecule has 1 aliphatic carbocycles. The van der Waals surface area contributed by atoms with Crippen molar-refractivity contribution >= 4 is 5.91 Å². The zero-order chi connectivity index (χ0) is 13.3. The van der Waals surface area contributed by atoms with Crippen LogP contribution in [0.15, 0.2) is 6.20 Å². The maximum Gasteiger partial charge on any atom is 0.435 e. The number of rotatable bonds is 5. The molecule has 0 spiro atoms. The Morgan fingerprint density at radius 2 is 2.22 bits per heavy atom. The molecule has 1 saturated carbocycles. The topological polar surface area (TPSA) is 72.9 Å². The lowest BCUT2D eigenvalue weighted by Gasteiger charge is -2.06. The van der Waals surface area contributed by atoms with E-state index in [1.54, 1.807) is 0 Å². The molecule has 0 saturated heterocycles. The molecule has 8 heteroatoms. The Kier molecular flexibility index (Phi) is 3.29. The summed E-state index contributed by atoms with van der Waals surface area (Å²) >= 11 is 0. The van der Waals surface area contributed by atoms with E-state index in [0.717, 1.165) is 17.5 Å². The van der Waals surface area contributed by atoms with Crippen LogP contribution in [-0.2, 0) is 24.1 Å². The molecule has 1 aromatic rings. The van der Waals surface area contributed by atoms with Crippen molar-refractivity contribution in [3.8, 4) is 0 Å². The van der Waals surface area contributed by atoms with E-state index in [9.17, 15) is 18.0 Å². The number of primary amides is 1. The first-order chi connectivity index (χ1) is 8.36. The summed E-state index contributed by atoms with van der Waals surface area (Å²) in [5, 5.41) is 6.35. The van der Waals surface area contributed by atoms with Crippen LogP contribution in [0.2, 0.25) is 0 Å². The molecule has 5 nitrogen and oxygen atoms in total. The van der Waals surface area contributed by atoms with Crippen molar-refractivity contribution in [3.63, 3.8) is 0 Å². The molecule has 1 heterocycles. The maximum absolute atomic E-state index is 12.7. The van der Waals surface area contributed by atoms with Gasteiger partial charge in [0.25, 0.3) is 0 Å². The second kappa shape index (κ2) is 4.60. The van der Waals surface area contributed by atoms with Crippen molar-refractivity contribution in [2.24, 2.45) is 5.73 Å². The number of nitrogens with two attached hydrogens (primary N) is 1. The first-order valence-electron chi connectivity index (χ1n) is 5.51. The monoisotopic (exact) mass is 262 g/mol. The van der Waals surface area contributed by atoms with Gasteiger partial charge in [0.1, 0.15) is 6.54 Å². The van der Waals surface area contributed by atoms with Gasteiger partial charge < -0.3 is 11.1 Å². The molecular weight excluding hydrogens is 249 g/mol. The Hall–Kier alpha value is -1.57. The zero-order valence-electron chi connectivity index (χ0n) is 9.50. The van der Waals surface area contributed by atoms with Gasteiger partial charge in [-0.3, -0.25) is 9.48 Å². The molecule has 0 unspecified atom stereocenters. The summed E-state index contributed by atoms with van der Waals surface area (Å²) in [6.45, 7) is -0.259. The van der Waals surface area contributed by atoms with Gasteiger partial charge in [-0.05, 0) is 12.8 Å². The standard InChI is InChI=1S/C10H13F3N4O/c11-10(12,13)9-6(3-15-7-1-2-7)4-17(16-9)5-8(14)18/h4,7,15H,1-3,5H2,(H2,14,18). The minimum Gasteiger partial charge on any atom is -0.368 e. The molecule has 0 atom stereocenters. The van der Waals surface area contributed by atoms with Crippen LogP contribution < -0.4 is 11.1 Å². The molecule has 0 bridgehead atoms. The van der Waals surface area contributed by atoms with Crippen LogP contribution >= 0.6 is 0 Å². The number of hydrogen-bond donors (Lipinski definition) is 2. The maximum atomic E-state index is 12.7. The van der Waals surface area contributed by atoms with Crippen LogP contribution in [0.4, 0.5) is 13.2 Å². The number of halogens is 3. The normalized spacial score (nSPS) is 15.9. The number of nitrogens with zero attached hydrogens (tertiary/aromatic N) is 2. The fourth-order valence-corrected chi connectivity index (χ4v) is 1.61. The summed E-state index contributed by atoms with van der Waals surface area (Å²) in [4.78, 5) is 10.7. The predicted octanol–water partition coefficient (Wildman–Crippen LogP) is 0.639. The quantitative estimate of drug-likeness (QED) is 0.817. The van der Waals surface area contributed by atoms with Crippen LogP contribution in [-0.4, -0.2) is 21.7 Å². The van der Waals surface area contributed by atoms with Gasteiger partial charge in [-0.1, -0.05) is 0 Å². The number of aromatic nitrogens is 2. The fourth-order valence-electron chi connectivity index (χ4n) is 1.61. The number of nitrogens with one attached hydrogen (secondary N) is 1. The van der Waals surface area contributed by atoms with E-state index in [1.165, 1.54) is 6.20 Å². The van der Waals surface area contributed by atoms with Crippen molar-refractivity contribution in [2.45, 2.75) is 38.1 Å². The predicted molar refractivity (Wildman–Crippen MR) is 56.3 cm³/mol. The first kappa shape index (κ1) is 12.9. The lowest BCUT2D eigenvalue weighted by molar-refractivity contribution is -0.142. The Morgan fingerprint density at radius 1 is 1.56 bits per heavy atom. The van der Waals surface area contributed by atoms with Crippen LogP contribution in [0.1, 0.15) is 24.1 Å². The first-order valence-corrected chi connectivity index (χ1v) is 5.51. The highest BCUT2D eigenvalue weighted by Gasteiger charge is 2.37. The van der Waals surface area contributed by atoms with Crippen molar-refractivity contribution < 1.29 is 18.0 Å². The number of alkyl halides is 3. The summed E-state index contributed by atoms with van der Waals surface area (Å²) in [6.07, 6.45) is -1.35. The van der Waals surface area contributed by atoms with Crippen LogP contribution in [0.5, 0.6) is 0 Å². The van der Waals surface area contributed by atoms with Crippen LogP contribution in [0.3, 0.4) is 0 Å². The Morgan fingerprint density at radius 3 is 2.72 bits per heavy atom. The summed E-state index contributed by atoms with van der Waals surface area (Å²) < 4.78 is 39.1. The molecule has 3 N–H and O–H groups in total. The second-order valence-electron chi connectivity index (χ2n) is 4.32. The minimum atomic E-state index is -4.52. The van der Waals surface area contributed by atoms with Crippen molar-refractivity contribution in [3.05, 3.63) is 17.5 Å². The Labute approximate surface area is 101 Å². The molecule has 0 aliphatic heterocycles. The van der Waals surface area contributed by atoms with Crippen molar-refractivity contribution in [1.29, 1.82) is 0 Å². The molecular formula is C10H13F3N4O. The van der Waals surface area contributed by atoms with Gasteiger partial charge in [0.2, 0.25) is 5.91 Å². The van der Waals surface area contributed by atoms with E-state index in [4.69, 9.17) is 5.73 Å². The molecule has 18 heavy (non-hydrogen) atoms. The van der Waals surface area contributed by atoms with E-state index in [1.807, 2.05) is 0 Å². The smallest absolute Gasteiger partial charge is 0.368 e. The SMILES string of the molecule is NC(=O)Cn1cc(CNC2CC2)c(C(F)(F)F)n1. The van der Waals surface area contributed by atoms with E-state index in [0.29, 0.717) is 6.04 Å². The number of carbonyl (C=O) groups is 1. The summed E-state index contributed by atoms with van der Waals surface area (Å²) in [5.74, 6) is -0.729.